The van der Waals surface area contributed by atoms with Crippen molar-refractivity contribution >= 4 is 12.2 Å². The Morgan fingerprint density at radius 3 is 2.81 bits per heavy atom. The van der Waals surface area contributed by atoms with Gasteiger partial charge in [0.2, 0.25) is 5.95 Å². The highest BCUT2D eigenvalue weighted by molar-refractivity contribution is 5.71. The second-order valence-electron chi connectivity index (χ2n) is 11.2. The van der Waals surface area contributed by atoms with Gasteiger partial charge in [-0.15, -0.1) is 0 Å². The molecule has 0 bridgehead atoms. The van der Waals surface area contributed by atoms with Crippen LogP contribution in [0, 0.1) is 34.5 Å². The third-order valence-corrected chi connectivity index (χ3v) is 10.1. The number of allylic oxidation sites excluding steroid dienone is 2. The molecule has 6 heteroatoms. The molecular weight excluding hydrogens is 388 g/mol. The Bertz CT molecular complexity index is 839. The lowest BCUT2D eigenvalue weighted by molar-refractivity contribution is -0.207. The van der Waals surface area contributed by atoms with E-state index in [0.29, 0.717) is 29.6 Å². The van der Waals surface area contributed by atoms with Crippen LogP contribution in [0.4, 0.5) is 5.95 Å². The minimum Gasteiger partial charge on any atom is -0.393 e. The molecule has 1 heterocycles. The first kappa shape index (κ1) is 21.2. The van der Waals surface area contributed by atoms with Crippen LogP contribution in [0.2, 0.25) is 0 Å². The number of nitrogens with one attached hydrogen (secondary N) is 2. The number of anilines is 1. The number of rotatable bonds is 4. The zero-order chi connectivity index (χ0) is 21.7. The van der Waals surface area contributed by atoms with Gasteiger partial charge in [0.05, 0.1) is 11.7 Å². The first-order valence-electron chi connectivity index (χ1n) is 12.2. The molecule has 0 spiro atoms. The van der Waals surface area contributed by atoms with Crippen molar-refractivity contribution < 1.29 is 10.2 Å². The lowest BCUT2D eigenvalue weighted by Gasteiger charge is -2.63. The lowest BCUT2D eigenvalue weighted by atomic mass is 9.43. The van der Waals surface area contributed by atoms with Gasteiger partial charge in [0.25, 0.3) is 0 Å². The van der Waals surface area contributed by atoms with E-state index in [4.69, 9.17) is 0 Å². The van der Waals surface area contributed by atoms with Crippen molar-refractivity contribution in [3.8, 4) is 0 Å². The lowest BCUT2D eigenvalue weighted by Crippen LogP contribution is -2.62. The molecule has 6 nitrogen and oxygen atoms in total. The maximum Gasteiger partial charge on any atom is 0.220 e. The number of imidazole rings is 1. The summed E-state index contributed by atoms with van der Waals surface area (Å²) >= 11 is 0. The first-order chi connectivity index (χ1) is 14.9. The van der Waals surface area contributed by atoms with E-state index in [1.165, 1.54) is 12.8 Å². The van der Waals surface area contributed by atoms with E-state index < -0.39 is 5.60 Å². The molecule has 0 amide bonds. The van der Waals surface area contributed by atoms with Gasteiger partial charge in [0, 0.05) is 24.0 Å². The standard InChI is InChI=1S/C25H38N4O2/c1-23-10-8-19(30)16-18(23)5-6-21-20(23)9-11-24(2)17(7-12-25(21,24)31)4-3-13-28-29-22-26-14-15-27-22/h3-4,13-15,17-21,30-31H,5-12,16H2,1-2H3,(H2,26,27,29)/b4-3+,28-13+/t17-,18+,19-,20-,21+,23-,24+,25-/m0/s1. The summed E-state index contributed by atoms with van der Waals surface area (Å²) in [5.74, 6) is 2.63. The molecule has 0 aliphatic heterocycles. The van der Waals surface area contributed by atoms with E-state index in [2.05, 4.69) is 40.4 Å². The second kappa shape index (κ2) is 7.73. The van der Waals surface area contributed by atoms with Crippen LogP contribution >= 0.6 is 0 Å². The van der Waals surface area contributed by atoms with Gasteiger partial charge < -0.3 is 15.2 Å². The number of hydrazone groups is 1. The van der Waals surface area contributed by atoms with Crippen molar-refractivity contribution in [2.24, 2.45) is 39.6 Å². The normalized spacial score (nSPS) is 47.3. The molecule has 5 rings (SSSR count). The Kier molecular flexibility index (Phi) is 5.29. The van der Waals surface area contributed by atoms with Gasteiger partial charge >= 0.3 is 0 Å². The molecule has 170 valence electrons. The zero-order valence-electron chi connectivity index (χ0n) is 18.9. The van der Waals surface area contributed by atoms with Crippen molar-refractivity contribution in [1.29, 1.82) is 0 Å². The average molecular weight is 427 g/mol. The highest BCUT2D eigenvalue weighted by Crippen LogP contribution is 2.69. The summed E-state index contributed by atoms with van der Waals surface area (Å²) in [6, 6.07) is 0. The third-order valence-electron chi connectivity index (χ3n) is 10.1. The fourth-order valence-electron chi connectivity index (χ4n) is 8.20. The number of hydrogen-bond donors (Lipinski definition) is 4. The van der Waals surface area contributed by atoms with Gasteiger partial charge in [0.15, 0.2) is 0 Å². The summed E-state index contributed by atoms with van der Waals surface area (Å²) in [6.45, 7) is 4.81. The predicted molar refractivity (Wildman–Crippen MR) is 123 cm³/mol. The number of aromatic amines is 1. The number of hydrogen-bond acceptors (Lipinski definition) is 5. The zero-order valence-corrected chi connectivity index (χ0v) is 18.9. The van der Waals surface area contributed by atoms with Crippen molar-refractivity contribution in [3.63, 3.8) is 0 Å². The van der Waals surface area contributed by atoms with Gasteiger partial charge in [-0.25, -0.2) is 10.4 Å². The minimum absolute atomic E-state index is 0.0652. The number of nitrogens with zero attached hydrogens (tertiary/aromatic N) is 2. The van der Waals surface area contributed by atoms with Crippen LogP contribution in [0.25, 0.3) is 0 Å². The highest BCUT2D eigenvalue weighted by atomic mass is 16.3. The minimum atomic E-state index is -0.571. The molecular formula is C25H38N4O2. The number of aliphatic hydroxyl groups excluding tert-OH is 1. The molecule has 0 unspecified atom stereocenters. The summed E-state index contributed by atoms with van der Waals surface area (Å²) in [6.07, 6.45) is 18.9. The van der Waals surface area contributed by atoms with E-state index in [1.807, 2.05) is 6.08 Å². The maximum absolute atomic E-state index is 12.2. The molecule has 4 aliphatic carbocycles. The fraction of sp³-hybridized carbons (Fsp3) is 0.760. The van der Waals surface area contributed by atoms with E-state index in [-0.39, 0.29) is 16.9 Å². The summed E-state index contributed by atoms with van der Waals surface area (Å²) in [4.78, 5) is 7.05. The summed E-state index contributed by atoms with van der Waals surface area (Å²) < 4.78 is 0. The van der Waals surface area contributed by atoms with Crippen LogP contribution in [0.3, 0.4) is 0 Å². The van der Waals surface area contributed by atoms with Crippen LogP contribution in [0.1, 0.15) is 71.6 Å². The number of H-pyrrole nitrogens is 1. The molecule has 0 radical (unpaired) electrons. The maximum atomic E-state index is 12.2. The molecule has 4 saturated carbocycles. The first-order valence-corrected chi connectivity index (χ1v) is 12.2. The Hall–Kier alpha value is -1.66. The molecule has 31 heavy (non-hydrogen) atoms. The van der Waals surface area contributed by atoms with Crippen molar-refractivity contribution in [3.05, 3.63) is 24.5 Å². The van der Waals surface area contributed by atoms with Crippen molar-refractivity contribution in [2.45, 2.75) is 83.3 Å². The molecule has 4 fully saturated rings. The molecule has 4 aliphatic rings. The van der Waals surface area contributed by atoms with Crippen LogP contribution < -0.4 is 5.43 Å². The van der Waals surface area contributed by atoms with Gasteiger partial charge in [-0.2, -0.15) is 5.10 Å². The van der Waals surface area contributed by atoms with Crippen LogP contribution in [0.15, 0.2) is 29.6 Å². The Balaban J connectivity index is 1.31. The van der Waals surface area contributed by atoms with Crippen LogP contribution in [-0.4, -0.2) is 38.1 Å². The number of fused-ring (bicyclic) bond motifs is 5. The smallest absolute Gasteiger partial charge is 0.220 e. The summed E-state index contributed by atoms with van der Waals surface area (Å²) in [7, 11) is 0. The monoisotopic (exact) mass is 426 g/mol. The van der Waals surface area contributed by atoms with E-state index in [9.17, 15) is 10.2 Å². The SMILES string of the molecule is C[C@]12CC[C@H](O)C[C@H]1CC[C@@H]1[C@@H]2CC[C@]2(C)[C@@H](/C=C/C=N/Nc3ncc[nH]3)CC[C@]12O. The topological polar surface area (TPSA) is 93.5 Å². The fourth-order valence-corrected chi connectivity index (χ4v) is 8.20. The summed E-state index contributed by atoms with van der Waals surface area (Å²) in [5.41, 5.74) is 2.53. The average Bonchev–Trinajstić information content (AvgIpc) is 3.35. The van der Waals surface area contributed by atoms with E-state index in [0.717, 1.165) is 44.9 Å². The molecule has 8 atom stereocenters. The van der Waals surface area contributed by atoms with E-state index in [1.54, 1.807) is 18.6 Å². The van der Waals surface area contributed by atoms with Crippen molar-refractivity contribution in [2.75, 3.05) is 5.43 Å². The second-order valence-corrected chi connectivity index (χ2v) is 11.2. The van der Waals surface area contributed by atoms with Gasteiger partial charge in [-0.1, -0.05) is 19.9 Å². The summed E-state index contributed by atoms with van der Waals surface area (Å²) in [5, 5.41) is 26.6. The Morgan fingerprint density at radius 2 is 2.00 bits per heavy atom. The molecule has 4 N–H and O–H groups in total. The Morgan fingerprint density at radius 1 is 1.13 bits per heavy atom. The molecule has 1 aromatic heterocycles. The van der Waals surface area contributed by atoms with Gasteiger partial charge in [-0.05, 0) is 93.0 Å². The van der Waals surface area contributed by atoms with E-state index >= 15 is 0 Å². The van der Waals surface area contributed by atoms with Crippen molar-refractivity contribution in [1.82, 2.24) is 9.97 Å². The Labute approximate surface area is 185 Å². The quantitative estimate of drug-likeness (QED) is 0.421. The largest absolute Gasteiger partial charge is 0.393 e. The molecule has 1 aromatic rings. The van der Waals surface area contributed by atoms with Crippen LogP contribution in [-0.2, 0) is 0 Å². The number of aromatic nitrogens is 2. The van der Waals surface area contributed by atoms with Gasteiger partial charge in [-0.3, -0.25) is 0 Å². The number of aliphatic hydroxyl groups is 2. The molecule has 0 saturated heterocycles. The molecule has 0 aromatic carbocycles. The third kappa shape index (κ3) is 3.29. The van der Waals surface area contributed by atoms with Gasteiger partial charge in [0.1, 0.15) is 0 Å². The highest BCUT2D eigenvalue weighted by Gasteiger charge is 2.66. The predicted octanol–water partition coefficient (Wildman–Crippen LogP) is 4.50. The van der Waals surface area contributed by atoms with Crippen LogP contribution in [0.5, 0.6) is 0 Å².